The van der Waals surface area contributed by atoms with Crippen LogP contribution in [0.25, 0.3) is 11.4 Å². The van der Waals surface area contributed by atoms with Crippen LogP contribution in [0.2, 0.25) is 0 Å². The van der Waals surface area contributed by atoms with Crippen LogP contribution >= 0.6 is 11.3 Å². The molecule has 1 aromatic carbocycles. The highest BCUT2D eigenvalue weighted by molar-refractivity contribution is 7.08. The van der Waals surface area contributed by atoms with Crippen LogP contribution < -0.4 is 5.32 Å². The maximum Gasteiger partial charge on any atom is 0.306 e. The molecule has 0 radical (unpaired) electrons. The lowest BCUT2D eigenvalue weighted by Gasteiger charge is -2.06. The number of anilines is 1. The van der Waals surface area contributed by atoms with Crippen LogP contribution in [0.3, 0.4) is 0 Å². The minimum absolute atomic E-state index is 0.0197. The predicted octanol–water partition coefficient (Wildman–Crippen LogP) is 3.12. The molecule has 144 valence electrons. The molecule has 0 aliphatic heterocycles. The second-order valence-electron chi connectivity index (χ2n) is 5.87. The Labute approximate surface area is 164 Å². The van der Waals surface area contributed by atoms with Crippen LogP contribution in [0.1, 0.15) is 29.6 Å². The third-order valence-electron chi connectivity index (χ3n) is 3.73. The number of esters is 1. The van der Waals surface area contributed by atoms with Gasteiger partial charge in [-0.3, -0.25) is 14.4 Å². The number of rotatable bonds is 8. The van der Waals surface area contributed by atoms with Gasteiger partial charge in [0.2, 0.25) is 11.7 Å². The van der Waals surface area contributed by atoms with Gasteiger partial charge in [-0.05, 0) is 42.6 Å². The molecule has 0 saturated heterocycles. The number of aryl methyl sites for hydroxylation is 1. The summed E-state index contributed by atoms with van der Waals surface area (Å²) in [4.78, 5) is 39.1. The van der Waals surface area contributed by atoms with Gasteiger partial charge >= 0.3 is 5.97 Å². The number of carbonyl (C=O) groups excluding carboxylic acids is 3. The van der Waals surface area contributed by atoms with Crippen LogP contribution in [0.15, 0.2) is 45.6 Å². The Bertz CT molecular complexity index is 964. The molecule has 0 unspecified atom stereocenters. The fourth-order valence-electron chi connectivity index (χ4n) is 2.28. The van der Waals surface area contributed by atoms with Gasteiger partial charge in [0.15, 0.2) is 12.4 Å². The Balaban J connectivity index is 1.40. The monoisotopic (exact) mass is 399 g/mol. The first-order chi connectivity index (χ1) is 13.5. The second kappa shape index (κ2) is 9.05. The van der Waals surface area contributed by atoms with Crippen molar-refractivity contribution in [1.29, 1.82) is 0 Å². The van der Waals surface area contributed by atoms with E-state index in [2.05, 4.69) is 15.5 Å². The lowest BCUT2D eigenvalue weighted by Crippen LogP contribution is -2.21. The van der Waals surface area contributed by atoms with Crippen molar-refractivity contribution in [3.8, 4) is 11.4 Å². The van der Waals surface area contributed by atoms with E-state index in [0.29, 0.717) is 23.0 Å². The van der Waals surface area contributed by atoms with Crippen molar-refractivity contribution < 1.29 is 23.6 Å². The summed E-state index contributed by atoms with van der Waals surface area (Å²) >= 11 is 1.52. The Morgan fingerprint density at radius 1 is 1.18 bits per heavy atom. The van der Waals surface area contributed by atoms with Gasteiger partial charge in [0.1, 0.15) is 0 Å². The molecule has 2 aromatic heterocycles. The van der Waals surface area contributed by atoms with Crippen LogP contribution in [-0.4, -0.2) is 34.4 Å². The number of hydrogen-bond donors (Lipinski definition) is 1. The molecule has 28 heavy (non-hydrogen) atoms. The van der Waals surface area contributed by atoms with E-state index < -0.39 is 18.5 Å². The molecular weight excluding hydrogens is 382 g/mol. The molecule has 3 aromatic rings. The summed E-state index contributed by atoms with van der Waals surface area (Å²) in [6.07, 6.45) is 0.246. The molecule has 0 aliphatic rings. The lowest BCUT2D eigenvalue weighted by atomic mass is 10.1. The van der Waals surface area contributed by atoms with Gasteiger partial charge in [-0.1, -0.05) is 5.16 Å². The smallest absolute Gasteiger partial charge is 0.306 e. The van der Waals surface area contributed by atoms with Gasteiger partial charge in [-0.2, -0.15) is 16.3 Å². The summed E-state index contributed by atoms with van der Waals surface area (Å²) < 4.78 is 10.0. The fraction of sp³-hybridized carbons (Fsp3) is 0.211. The van der Waals surface area contributed by atoms with Gasteiger partial charge in [0.25, 0.3) is 5.91 Å². The second-order valence-corrected chi connectivity index (χ2v) is 6.65. The number of thiophene rings is 1. The number of ketones is 1. The van der Waals surface area contributed by atoms with Crippen LogP contribution in [0, 0.1) is 0 Å². The number of benzene rings is 1. The minimum Gasteiger partial charge on any atom is -0.456 e. The first-order valence-electron chi connectivity index (χ1n) is 8.43. The topological polar surface area (TPSA) is 111 Å². The maximum atomic E-state index is 11.8. The highest BCUT2D eigenvalue weighted by Crippen LogP contribution is 2.19. The fourth-order valence-corrected chi connectivity index (χ4v) is 2.91. The molecule has 8 nitrogen and oxygen atoms in total. The number of Topliss-reactive ketones (excluding diaryl/α,β-unsaturated/α-hetero) is 1. The van der Waals surface area contributed by atoms with E-state index in [1.54, 1.807) is 24.3 Å². The van der Waals surface area contributed by atoms with Crippen molar-refractivity contribution in [2.24, 2.45) is 0 Å². The lowest BCUT2D eigenvalue weighted by molar-refractivity contribution is -0.147. The first kappa shape index (κ1) is 19.4. The molecule has 1 N–H and O–H groups in total. The Morgan fingerprint density at radius 2 is 1.96 bits per heavy atom. The van der Waals surface area contributed by atoms with E-state index in [-0.39, 0.29) is 18.6 Å². The molecule has 0 bridgehead atoms. The number of carbonyl (C=O) groups is 3. The molecular formula is C19H17N3O5S. The summed E-state index contributed by atoms with van der Waals surface area (Å²) in [6.45, 7) is 1.06. The molecule has 9 heteroatoms. The van der Waals surface area contributed by atoms with Crippen LogP contribution in [0.4, 0.5) is 5.69 Å². The summed E-state index contributed by atoms with van der Waals surface area (Å²) in [6, 6.07) is 8.31. The van der Waals surface area contributed by atoms with E-state index in [0.717, 1.165) is 5.56 Å². The minimum atomic E-state index is -0.544. The quantitative estimate of drug-likeness (QED) is 0.457. The summed E-state index contributed by atoms with van der Waals surface area (Å²) in [7, 11) is 0. The number of aromatic nitrogens is 2. The van der Waals surface area contributed by atoms with Gasteiger partial charge in [-0.25, -0.2) is 0 Å². The predicted molar refractivity (Wildman–Crippen MR) is 102 cm³/mol. The van der Waals surface area contributed by atoms with E-state index in [1.165, 1.54) is 18.3 Å². The number of nitrogens with one attached hydrogen (secondary N) is 1. The number of amides is 1. The Kier molecular flexibility index (Phi) is 6.28. The zero-order valence-electron chi connectivity index (χ0n) is 15.0. The van der Waals surface area contributed by atoms with Crippen LogP contribution in [-0.2, 0) is 20.7 Å². The molecule has 0 fully saturated rings. The molecule has 0 spiro atoms. The highest BCUT2D eigenvalue weighted by atomic mass is 32.1. The Hall–Kier alpha value is -3.33. The van der Waals surface area contributed by atoms with Gasteiger partial charge < -0.3 is 14.6 Å². The standard InChI is InChI=1S/C19H17N3O5S/c1-12(23)13-2-4-15(5-3-13)20-16(24)10-26-18(25)7-6-17-21-19(22-27-17)14-8-9-28-11-14/h2-5,8-9,11H,6-7,10H2,1H3,(H,20,24). The zero-order valence-corrected chi connectivity index (χ0v) is 15.8. The summed E-state index contributed by atoms with van der Waals surface area (Å²) in [5.74, 6) is -0.276. The summed E-state index contributed by atoms with van der Waals surface area (Å²) in [5.41, 5.74) is 1.92. The van der Waals surface area contributed by atoms with E-state index in [4.69, 9.17) is 9.26 Å². The van der Waals surface area contributed by atoms with Gasteiger partial charge in [0, 0.05) is 28.6 Å². The number of ether oxygens (including phenoxy) is 1. The first-order valence-corrected chi connectivity index (χ1v) is 9.37. The molecule has 3 rings (SSSR count). The average molecular weight is 399 g/mol. The number of hydrogen-bond acceptors (Lipinski definition) is 8. The highest BCUT2D eigenvalue weighted by Gasteiger charge is 2.13. The number of nitrogens with zero attached hydrogens (tertiary/aromatic N) is 2. The third-order valence-corrected chi connectivity index (χ3v) is 4.41. The van der Waals surface area contributed by atoms with Gasteiger partial charge in [0.05, 0.1) is 6.42 Å². The zero-order chi connectivity index (χ0) is 19.9. The molecule has 0 aliphatic carbocycles. The van der Waals surface area contributed by atoms with Gasteiger partial charge in [-0.15, -0.1) is 0 Å². The molecule has 1 amide bonds. The largest absolute Gasteiger partial charge is 0.456 e. The van der Waals surface area contributed by atoms with Crippen molar-refractivity contribution in [3.63, 3.8) is 0 Å². The molecule has 0 saturated carbocycles. The molecule has 2 heterocycles. The third kappa shape index (κ3) is 5.34. The van der Waals surface area contributed by atoms with E-state index in [1.807, 2.05) is 16.8 Å². The van der Waals surface area contributed by atoms with Crippen LogP contribution in [0.5, 0.6) is 0 Å². The normalized spacial score (nSPS) is 10.5. The van der Waals surface area contributed by atoms with E-state index in [9.17, 15) is 14.4 Å². The summed E-state index contributed by atoms with van der Waals surface area (Å²) in [5, 5.41) is 10.3. The van der Waals surface area contributed by atoms with Crippen molar-refractivity contribution in [3.05, 3.63) is 52.5 Å². The van der Waals surface area contributed by atoms with Crippen molar-refractivity contribution >= 4 is 34.7 Å². The van der Waals surface area contributed by atoms with E-state index >= 15 is 0 Å². The maximum absolute atomic E-state index is 11.8. The van der Waals surface area contributed by atoms with Crippen molar-refractivity contribution in [1.82, 2.24) is 10.1 Å². The average Bonchev–Trinajstić information content (AvgIpc) is 3.36. The Morgan fingerprint density at radius 3 is 2.64 bits per heavy atom. The van der Waals surface area contributed by atoms with Crippen molar-refractivity contribution in [2.75, 3.05) is 11.9 Å². The van der Waals surface area contributed by atoms with Crippen molar-refractivity contribution in [2.45, 2.75) is 19.8 Å². The SMILES string of the molecule is CC(=O)c1ccc(NC(=O)COC(=O)CCc2nc(-c3ccsc3)no2)cc1. The molecule has 0 atom stereocenters.